The van der Waals surface area contributed by atoms with Gasteiger partial charge < -0.3 is 9.29 Å². The summed E-state index contributed by atoms with van der Waals surface area (Å²) in [5.41, 5.74) is 2.68. The van der Waals surface area contributed by atoms with Crippen LogP contribution in [0.15, 0.2) is 24.3 Å². The third-order valence-electron chi connectivity index (χ3n) is 1.33. The molecule has 1 atom stereocenters. The van der Waals surface area contributed by atoms with Gasteiger partial charge in [-0.1, -0.05) is 12.1 Å². The van der Waals surface area contributed by atoms with Crippen LogP contribution in [-0.4, -0.2) is 15.9 Å². The van der Waals surface area contributed by atoms with Gasteiger partial charge in [-0.2, -0.15) is 4.28 Å². The lowest BCUT2D eigenvalue weighted by Gasteiger charge is -2.10. The average molecular weight is 202 g/mol. The summed E-state index contributed by atoms with van der Waals surface area (Å²) in [6.45, 7) is 0. The minimum absolute atomic E-state index is 0.453. The number of hydrogen-bond donors (Lipinski definition) is 1. The highest BCUT2D eigenvalue weighted by molar-refractivity contribution is 7.74. The first-order valence-corrected chi connectivity index (χ1v) is 4.39. The molecule has 0 heterocycles. The van der Waals surface area contributed by atoms with E-state index in [2.05, 4.69) is 9.76 Å². The zero-order valence-corrected chi connectivity index (χ0v) is 7.67. The predicted molar refractivity (Wildman–Crippen MR) is 46.6 cm³/mol. The monoisotopic (exact) mass is 202 g/mol. The molecular formula is C7H8NO4S-. The number of anilines is 1. The van der Waals surface area contributed by atoms with Crippen LogP contribution in [0.2, 0.25) is 0 Å². The maximum Gasteiger partial charge on any atom is 0.144 e. The molecule has 0 aliphatic carbocycles. The molecule has 0 fully saturated rings. The molecule has 0 aromatic heterocycles. The van der Waals surface area contributed by atoms with Crippen LogP contribution in [0, 0.1) is 0 Å². The van der Waals surface area contributed by atoms with Crippen LogP contribution in [0.1, 0.15) is 0 Å². The van der Waals surface area contributed by atoms with Crippen molar-refractivity contribution in [2.24, 2.45) is 0 Å². The van der Waals surface area contributed by atoms with Gasteiger partial charge in [-0.05, 0) is 12.1 Å². The maximum atomic E-state index is 10.0. The summed E-state index contributed by atoms with van der Waals surface area (Å²) < 4.78 is 29.2. The molecule has 0 saturated heterocycles. The molecule has 13 heavy (non-hydrogen) atoms. The summed E-state index contributed by atoms with van der Waals surface area (Å²) in [6.07, 6.45) is 0. The summed E-state index contributed by atoms with van der Waals surface area (Å²) in [5.74, 6) is 0.507. The molecule has 5 nitrogen and oxygen atoms in total. The Kier molecular flexibility index (Phi) is 3.69. The number of ether oxygens (including phenoxy) is 1. The maximum absolute atomic E-state index is 10.0. The van der Waals surface area contributed by atoms with Crippen LogP contribution in [-0.2, 0) is 15.6 Å². The van der Waals surface area contributed by atoms with E-state index in [4.69, 9.17) is 4.74 Å². The molecule has 0 radical (unpaired) electrons. The van der Waals surface area contributed by atoms with E-state index in [0.29, 0.717) is 11.4 Å². The second-order valence-corrected chi connectivity index (χ2v) is 2.66. The lowest BCUT2D eigenvalue weighted by Crippen LogP contribution is -2.04. The highest BCUT2D eigenvalue weighted by atomic mass is 32.2. The van der Waals surface area contributed by atoms with Gasteiger partial charge in [0.15, 0.2) is 0 Å². The summed E-state index contributed by atoms with van der Waals surface area (Å²) >= 11 is -2.59. The second-order valence-electron chi connectivity index (χ2n) is 2.09. The molecule has 1 aromatic rings. The Bertz CT molecular complexity index is 304. The molecule has 72 valence electrons. The fourth-order valence-corrected chi connectivity index (χ4v) is 0.966. The van der Waals surface area contributed by atoms with E-state index >= 15 is 0 Å². The number of para-hydroxylation sites is 2. The van der Waals surface area contributed by atoms with Gasteiger partial charge in [0.1, 0.15) is 22.8 Å². The molecule has 0 aliphatic heterocycles. The van der Waals surface area contributed by atoms with Gasteiger partial charge in [0, 0.05) is 0 Å². The Balaban J connectivity index is 2.69. The zero-order valence-electron chi connectivity index (χ0n) is 6.85. The Morgan fingerprint density at radius 3 is 2.77 bits per heavy atom. The largest absolute Gasteiger partial charge is 0.748 e. The number of benzene rings is 1. The van der Waals surface area contributed by atoms with Gasteiger partial charge in [0.05, 0.1) is 7.11 Å². The SMILES string of the molecule is COc1ccccc1NOS(=O)[O-]. The minimum atomic E-state index is -2.59. The number of methoxy groups -OCH3 is 1. The fraction of sp³-hybridized carbons (Fsp3) is 0.143. The minimum Gasteiger partial charge on any atom is -0.748 e. The zero-order chi connectivity index (χ0) is 9.68. The number of hydrogen-bond acceptors (Lipinski definition) is 5. The molecular weight excluding hydrogens is 194 g/mol. The van der Waals surface area contributed by atoms with Gasteiger partial charge in [0.25, 0.3) is 0 Å². The smallest absolute Gasteiger partial charge is 0.144 e. The number of rotatable bonds is 4. The average Bonchev–Trinajstić information content (AvgIpc) is 2.15. The van der Waals surface area contributed by atoms with E-state index in [9.17, 15) is 8.76 Å². The van der Waals surface area contributed by atoms with Crippen molar-refractivity contribution in [1.82, 2.24) is 0 Å². The molecule has 0 bridgehead atoms. The molecule has 0 saturated carbocycles. The van der Waals surface area contributed by atoms with Crippen LogP contribution in [0.25, 0.3) is 0 Å². The molecule has 6 heteroatoms. The molecule has 1 aromatic carbocycles. The first kappa shape index (κ1) is 9.97. The van der Waals surface area contributed by atoms with Crippen molar-refractivity contribution in [3.05, 3.63) is 24.3 Å². The Hall–Kier alpha value is -1.11. The third kappa shape index (κ3) is 3.02. The van der Waals surface area contributed by atoms with Gasteiger partial charge in [-0.3, -0.25) is 0 Å². The molecule has 1 N–H and O–H groups in total. The van der Waals surface area contributed by atoms with Crippen molar-refractivity contribution < 1.29 is 17.8 Å². The van der Waals surface area contributed by atoms with Crippen LogP contribution >= 0.6 is 0 Å². The van der Waals surface area contributed by atoms with E-state index in [1.165, 1.54) is 7.11 Å². The van der Waals surface area contributed by atoms with E-state index < -0.39 is 11.4 Å². The Morgan fingerprint density at radius 2 is 2.15 bits per heavy atom. The molecule has 0 spiro atoms. The van der Waals surface area contributed by atoms with Gasteiger partial charge in [-0.15, -0.1) is 0 Å². The summed E-state index contributed by atoms with van der Waals surface area (Å²) in [7, 11) is 1.48. The summed E-state index contributed by atoms with van der Waals surface area (Å²) in [5, 5.41) is 0. The van der Waals surface area contributed by atoms with E-state index in [-0.39, 0.29) is 0 Å². The van der Waals surface area contributed by atoms with Crippen LogP contribution in [0.3, 0.4) is 0 Å². The van der Waals surface area contributed by atoms with Gasteiger partial charge >= 0.3 is 0 Å². The topological polar surface area (TPSA) is 70.6 Å². The summed E-state index contributed by atoms with van der Waals surface area (Å²) in [4.78, 5) is 0. The van der Waals surface area contributed by atoms with Crippen LogP contribution in [0.4, 0.5) is 5.69 Å². The van der Waals surface area contributed by atoms with E-state index in [1.54, 1.807) is 24.3 Å². The van der Waals surface area contributed by atoms with Gasteiger partial charge in [0.2, 0.25) is 0 Å². The molecule has 0 aliphatic rings. The third-order valence-corrected chi connectivity index (χ3v) is 1.55. The normalized spacial score (nSPS) is 12.2. The second kappa shape index (κ2) is 4.80. The highest BCUT2D eigenvalue weighted by Crippen LogP contribution is 2.22. The van der Waals surface area contributed by atoms with Crippen LogP contribution < -0.4 is 10.2 Å². The van der Waals surface area contributed by atoms with Crippen molar-refractivity contribution in [3.8, 4) is 5.75 Å². The highest BCUT2D eigenvalue weighted by Gasteiger charge is 1.99. The fourth-order valence-electron chi connectivity index (χ4n) is 0.808. The van der Waals surface area contributed by atoms with E-state index in [0.717, 1.165) is 0 Å². The molecule has 0 amide bonds. The first-order valence-electron chi connectivity index (χ1n) is 3.39. The van der Waals surface area contributed by atoms with Crippen molar-refractivity contribution in [3.63, 3.8) is 0 Å². The van der Waals surface area contributed by atoms with Crippen molar-refractivity contribution >= 4 is 17.0 Å². The van der Waals surface area contributed by atoms with E-state index in [1.807, 2.05) is 0 Å². The molecule has 1 unspecified atom stereocenters. The Morgan fingerprint density at radius 1 is 1.46 bits per heavy atom. The first-order chi connectivity index (χ1) is 6.24. The Labute approximate surface area is 78.1 Å². The van der Waals surface area contributed by atoms with Crippen molar-refractivity contribution in [2.45, 2.75) is 0 Å². The lowest BCUT2D eigenvalue weighted by atomic mass is 10.3. The molecule has 1 rings (SSSR count). The van der Waals surface area contributed by atoms with Gasteiger partial charge in [-0.25, -0.2) is 9.69 Å². The lowest BCUT2D eigenvalue weighted by molar-refractivity contribution is 0.356. The predicted octanol–water partition coefficient (Wildman–Crippen LogP) is 0.833. The van der Waals surface area contributed by atoms with Crippen molar-refractivity contribution in [2.75, 3.05) is 12.6 Å². The standard InChI is InChI=1S/C7H9NO4S/c1-11-7-5-3-2-4-6(7)8-12-13(9)10/h2-5,8H,1H3,(H,9,10)/p-1. The number of nitrogens with one attached hydrogen (secondary N) is 1. The quantitative estimate of drug-likeness (QED) is 0.578. The van der Waals surface area contributed by atoms with Crippen molar-refractivity contribution in [1.29, 1.82) is 0 Å². The summed E-state index contributed by atoms with van der Waals surface area (Å²) in [6, 6.07) is 6.80. The van der Waals surface area contributed by atoms with Crippen LogP contribution in [0.5, 0.6) is 5.75 Å².